The van der Waals surface area contributed by atoms with E-state index in [0.29, 0.717) is 0 Å². The highest BCUT2D eigenvalue weighted by Crippen LogP contribution is 2.18. The molecule has 1 atom stereocenters. The predicted octanol–water partition coefficient (Wildman–Crippen LogP) is 0.356. The van der Waals surface area contributed by atoms with Crippen LogP contribution < -0.4 is 5.32 Å². The van der Waals surface area contributed by atoms with Crippen molar-refractivity contribution in [2.45, 2.75) is 25.8 Å². The van der Waals surface area contributed by atoms with Gasteiger partial charge in [0.05, 0.1) is 12.1 Å². The molecule has 1 saturated heterocycles. The molecule has 0 spiro atoms. The Kier molecular flexibility index (Phi) is 3.90. The summed E-state index contributed by atoms with van der Waals surface area (Å²) in [5.74, 6) is 0.274. The van der Waals surface area contributed by atoms with Crippen molar-refractivity contribution >= 4 is 5.91 Å². The Morgan fingerprint density at radius 1 is 1.57 bits per heavy atom. The fraction of sp³-hybridized carbons (Fsp3) is 0.800. The molecule has 1 rings (SSSR count). The van der Waals surface area contributed by atoms with Crippen molar-refractivity contribution in [3.8, 4) is 6.07 Å². The molecule has 1 N–H and O–H groups in total. The van der Waals surface area contributed by atoms with Crippen LogP contribution in [0.5, 0.6) is 0 Å². The highest BCUT2D eigenvalue weighted by atomic mass is 16.1. The Morgan fingerprint density at radius 3 is 2.57 bits per heavy atom. The van der Waals surface area contributed by atoms with Crippen LogP contribution >= 0.6 is 0 Å². The molecular weight excluding hydrogens is 178 g/mol. The topological polar surface area (TPSA) is 56.1 Å². The van der Waals surface area contributed by atoms with Crippen LogP contribution in [0, 0.1) is 17.2 Å². The van der Waals surface area contributed by atoms with Gasteiger partial charge in [-0.25, -0.2) is 0 Å². The maximum Gasteiger partial charge on any atom is 0.222 e. The summed E-state index contributed by atoms with van der Waals surface area (Å²) in [5.41, 5.74) is 0. The van der Waals surface area contributed by atoms with Crippen LogP contribution in [0.3, 0.4) is 0 Å². The maximum atomic E-state index is 11.3. The van der Waals surface area contributed by atoms with Gasteiger partial charge in [0.2, 0.25) is 5.91 Å². The molecule has 14 heavy (non-hydrogen) atoms. The monoisotopic (exact) mass is 195 g/mol. The van der Waals surface area contributed by atoms with Gasteiger partial charge in [-0.3, -0.25) is 9.69 Å². The van der Waals surface area contributed by atoms with Crippen molar-refractivity contribution in [2.75, 3.05) is 20.1 Å². The molecule has 4 nitrogen and oxygen atoms in total. The lowest BCUT2D eigenvalue weighted by Gasteiger charge is -2.32. The highest BCUT2D eigenvalue weighted by Gasteiger charge is 2.26. The second-order valence-electron chi connectivity index (χ2n) is 3.73. The Labute approximate surface area is 84.9 Å². The minimum absolute atomic E-state index is 0.0272. The van der Waals surface area contributed by atoms with Crippen LogP contribution in [-0.2, 0) is 4.79 Å². The zero-order valence-electron chi connectivity index (χ0n) is 8.79. The third-order valence-electron chi connectivity index (χ3n) is 2.88. The van der Waals surface area contributed by atoms with Crippen LogP contribution in [0.1, 0.15) is 19.8 Å². The van der Waals surface area contributed by atoms with Crippen LogP contribution in [0.25, 0.3) is 0 Å². The fourth-order valence-electron chi connectivity index (χ4n) is 1.83. The van der Waals surface area contributed by atoms with Crippen molar-refractivity contribution in [1.29, 1.82) is 5.26 Å². The zero-order chi connectivity index (χ0) is 10.6. The molecule has 1 aliphatic heterocycles. The maximum absolute atomic E-state index is 11.3. The van der Waals surface area contributed by atoms with Gasteiger partial charge in [-0.05, 0) is 19.8 Å². The molecule has 1 heterocycles. The fourth-order valence-corrected chi connectivity index (χ4v) is 1.83. The second kappa shape index (κ2) is 4.97. The number of hydrogen-bond donors (Lipinski definition) is 1. The van der Waals surface area contributed by atoms with Crippen molar-refractivity contribution in [2.24, 2.45) is 5.92 Å². The minimum atomic E-state index is -0.0272. The van der Waals surface area contributed by atoms with E-state index >= 15 is 0 Å². The van der Waals surface area contributed by atoms with E-state index < -0.39 is 0 Å². The molecular formula is C10H17N3O. The third-order valence-corrected chi connectivity index (χ3v) is 2.88. The first kappa shape index (κ1) is 11.0. The van der Waals surface area contributed by atoms with Crippen molar-refractivity contribution < 1.29 is 4.79 Å². The van der Waals surface area contributed by atoms with Crippen molar-refractivity contribution in [3.05, 3.63) is 0 Å². The SMILES string of the molecule is CNC(=O)C1CCN(C(C)C#N)CC1. The lowest BCUT2D eigenvalue weighted by molar-refractivity contribution is -0.126. The second-order valence-corrected chi connectivity index (χ2v) is 3.73. The first-order valence-electron chi connectivity index (χ1n) is 5.04. The lowest BCUT2D eigenvalue weighted by atomic mass is 9.95. The van der Waals surface area contributed by atoms with Crippen LogP contribution in [0.2, 0.25) is 0 Å². The molecule has 0 radical (unpaired) electrons. The van der Waals surface area contributed by atoms with Gasteiger partial charge in [0, 0.05) is 26.1 Å². The van der Waals surface area contributed by atoms with Gasteiger partial charge >= 0.3 is 0 Å². The molecule has 0 aromatic carbocycles. The Hall–Kier alpha value is -1.08. The van der Waals surface area contributed by atoms with E-state index in [2.05, 4.69) is 16.3 Å². The Balaban J connectivity index is 2.39. The Bertz CT molecular complexity index is 238. The normalized spacial score (nSPS) is 21.2. The number of amides is 1. The minimum Gasteiger partial charge on any atom is -0.359 e. The molecule has 0 aromatic rings. The van der Waals surface area contributed by atoms with Gasteiger partial charge in [-0.15, -0.1) is 0 Å². The molecule has 0 bridgehead atoms. The van der Waals surface area contributed by atoms with Gasteiger partial charge in [0.1, 0.15) is 0 Å². The van der Waals surface area contributed by atoms with E-state index in [9.17, 15) is 4.79 Å². The van der Waals surface area contributed by atoms with Crippen LogP contribution in [0.4, 0.5) is 0 Å². The van der Waals surface area contributed by atoms with Gasteiger partial charge in [0.25, 0.3) is 0 Å². The van der Waals surface area contributed by atoms with E-state index in [1.807, 2.05) is 6.92 Å². The molecule has 1 amide bonds. The molecule has 4 heteroatoms. The quantitative estimate of drug-likeness (QED) is 0.692. The van der Waals surface area contributed by atoms with Gasteiger partial charge in [0.15, 0.2) is 0 Å². The number of piperidine rings is 1. The number of likely N-dealkylation sites (tertiary alicyclic amines) is 1. The third kappa shape index (κ3) is 2.46. The number of carbonyl (C=O) groups excluding carboxylic acids is 1. The number of rotatable bonds is 2. The number of hydrogen-bond acceptors (Lipinski definition) is 3. The summed E-state index contributed by atoms with van der Waals surface area (Å²) < 4.78 is 0. The van der Waals surface area contributed by atoms with E-state index in [-0.39, 0.29) is 17.9 Å². The van der Waals surface area contributed by atoms with Crippen molar-refractivity contribution in [3.63, 3.8) is 0 Å². The average molecular weight is 195 g/mol. The highest BCUT2D eigenvalue weighted by molar-refractivity contribution is 5.78. The number of carbonyl (C=O) groups is 1. The van der Waals surface area contributed by atoms with Crippen molar-refractivity contribution in [1.82, 2.24) is 10.2 Å². The van der Waals surface area contributed by atoms with E-state index in [1.165, 1.54) is 0 Å². The number of nitriles is 1. The molecule has 1 unspecified atom stereocenters. The summed E-state index contributed by atoms with van der Waals surface area (Å²) >= 11 is 0. The zero-order valence-corrected chi connectivity index (χ0v) is 8.79. The summed E-state index contributed by atoms with van der Waals surface area (Å²) in [6, 6.07) is 2.19. The molecule has 1 fully saturated rings. The Morgan fingerprint density at radius 2 is 2.14 bits per heavy atom. The van der Waals surface area contributed by atoms with E-state index in [0.717, 1.165) is 25.9 Å². The smallest absolute Gasteiger partial charge is 0.222 e. The van der Waals surface area contributed by atoms with Gasteiger partial charge in [-0.1, -0.05) is 0 Å². The largest absolute Gasteiger partial charge is 0.359 e. The molecule has 0 saturated carbocycles. The van der Waals surface area contributed by atoms with E-state index in [4.69, 9.17) is 5.26 Å². The number of nitrogens with one attached hydrogen (secondary N) is 1. The summed E-state index contributed by atoms with van der Waals surface area (Å²) in [6.07, 6.45) is 1.73. The first-order chi connectivity index (χ1) is 6.69. The molecule has 0 aliphatic carbocycles. The molecule has 0 aromatic heterocycles. The summed E-state index contributed by atoms with van der Waals surface area (Å²) in [6.45, 7) is 3.61. The summed E-state index contributed by atoms with van der Waals surface area (Å²) in [4.78, 5) is 13.4. The number of nitrogens with zero attached hydrogens (tertiary/aromatic N) is 2. The first-order valence-corrected chi connectivity index (χ1v) is 5.04. The molecule has 78 valence electrons. The van der Waals surface area contributed by atoms with Crippen LogP contribution in [-0.4, -0.2) is 37.0 Å². The van der Waals surface area contributed by atoms with E-state index in [1.54, 1.807) is 7.05 Å². The molecule has 1 aliphatic rings. The summed E-state index contributed by atoms with van der Waals surface area (Å²) in [7, 11) is 1.67. The van der Waals surface area contributed by atoms with Gasteiger partial charge < -0.3 is 5.32 Å². The average Bonchev–Trinajstić information content (AvgIpc) is 2.27. The predicted molar refractivity (Wildman–Crippen MR) is 53.4 cm³/mol. The van der Waals surface area contributed by atoms with Gasteiger partial charge in [-0.2, -0.15) is 5.26 Å². The lowest BCUT2D eigenvalue weighted by Crippen LogP contribution is -2.42. The van der Waals surface area contributed by atoms with Crippen LogP contribution in [0.15, 0.2) is 0 Å². The standard InChI is InChI=1S/C10H17N3O/c1-8(7-11)13-5-3-9(4-6-13)10(14)12-2/h8-9H,3-6H2,1-2H3,(H,12,14). The summed E-state index contributed by atoms with van der Waals surface area (Å²) in [5, 5.41) is 11.4.